The Kier molecular flexibility index (Phi) is 3.31. The molecule has 0 aliphatic carbocycles. The molecule has 1 saturated heterocycles. The molecule has 17 heavy (non-hydrogen) atoms. The highest BCUT2D eigenvalue weighted by molar-refractivity contribution is 5.93. The van der Waals surface area contributed by atoms with E-state index in [1.165, 1.54) is 6.42 Å². The number of carbonyl (C=O) groups is 1. The van der Waals surface area contributed by atoms with E-state index in [0.29, 0.717) is 11.5 Å². The van der Waals surface area contributed by atoms with E-state index in [9.17, 15) is 4.79 Å². The van der Waals surface area contributed by atoms with Crippen LogP contribution in [0.25, 0.3) is 0 Å². The predicted octanol–water partition coefficient (Wildman–Crippen LogP) is 2.07. The van der Waals surface area contributed by atoms with Crippen molar-refractivity contribution in [3.63, 3.8) is 0 Å². The van der Waals surface area contributed by atoms with Crippen molar-refractivity contribution in [2.45, 2.75) is 45.2 Å². The van der Waals surface area contributed by atoms with Crippen LogP contribution in [-0.4, -0.2) is 27.9 Å². The van der Waals surface area contributed by atoms with Gasteiger partial charge in [-0.2, -0.15) is 0 Å². The second-order valence-electron chi connectivity index (χ2n) is 4.79. The Morgan fingerprint density at radius 1 is 1.35 bits per heavy atom. The third-order valence-electron chi connectivity index (χ3n) is 3.42. The van der Waals surface area contributed by atoms with Crippen molar-refractivity contribution in [2.24, 2.45) is 0 Å². The summed E-state index contributed by atoms with van der Waals surface area (Å²) < 4.78 is 0. The Morgan fingerprint density at radius 2 is 2.00 bits per heavy atom. The van der Waals surface area contributed by atoms with E-state index in [1.54, 1.807) is 18.2 Å². The van der Waals surface area contributed by atoms with E-state index in [0.717, 1.165) is 12.8 Å². The SMILES string of the molecule is CC1CCCC(C)N1C(=O)c1cccc(N)n1. The number of likely N-dealkylation sites (tertiary alicyclic amines) is 1. The van der Waals surface area contributed by atoms with Gasteiger partial charge in [0.15, 0.2) is 0 Å². The minimum absolute atomic E-state index is 0.00278. The molecule has 0 aromatic carbocycles. The standard InChI is InChI=1S/C13H19N3O/c1-9-5-3-6-10(2)16(9)13(17)11-7-4-8-12(14)15-11/h4,7-10H,3,5-6H2,1-2H3,(H2,14,15). The number of aromatic nitrogens is 1. The van der Waals surface area contributed by atoms with Crippen LogP contribution in [0.5, 0.6) is 0 Å². The topological polar surface area (TPSA) is 59.2 Å². The Morgan fingerprint density at radius 3 is 2.59 bits per heavy atom. The number of nitrogens with zero attached hydrogens (tertiary/aromatic N) is 2. The average Bonchev–Trinajstić information content (AvgIpc) is 2.28. The monoisotopic (exact) mass is 233 g/mol. The predicted molar refractivity (Wildman–Crippen MR) is 67.6 cm³/mol. The van der Waals surface area contributed by atoms with E-state index >= 15 is 0 Å². The molecule has 1 fully saturated rings. The summed E-state index contributed by atoms with van der Waals surface area (Å²) in [6.07, 6.45) is 3.33. The van der Waals surface area contributed by atoms with Gasteiger partial charge in [-0.05, 0) is 45.2 Å². The van der Waals surface area contributed by atoms with Gasteiger partial charge in [-0.3, -0.25) is 4.79 Å². The molecule has 1 aromatic heterocycles. The van der Waals surface area contributed by atoms with Gasteiger partial charge in [0.2, 0.25) is 0 Å². The maximum atomic E-state index is 12.4. The molecule has 2 heterocycles. The van der Waals surface area contributed by atoms with E-state index in [1.807, 2.05) is 4.90 Å². The number of piperidine rings is 1. The molecule has 2 unspecified atom stereocenters. The van der Waals surface area contributed by atoms with Gasteiger partial charge in [-0.25, -0.2) is 4.98 Å². The lowest BCUT2D eigenvalue weighted by molar-refractivity contribution is 0.0505. The molecular weight excluding hydrogens is 214 g/mol. The Hall–Kier alpha value is -1.58. The van der Waals surface area contributed by atoms with Gasteiger partial charge in [-0.15, -0.1) is 0 Å². The van der Waals surface area contributed by atoms with Crippen LogP contribution in [0.2, 0.25) is 0 Å². The fourth-order valence-electron chi connectivity index (χ4n) is 2.52. The Labute approximate surface area is 102 Å². The first kappa shape index (κ1) is 11.9. The Balaban J connectivity index is 2.24. The first-order chi connectivity index (χ1) is 8.09. The number of pyridine rings is 1. The van der Waals surface area contributed by atoms with Gasteiger partial charge in [0.1, 0.15) is 11.5 Å². The third kappa shape index (κ3) is 2.40. The molecule has 92 valence electrons. The van der Waals surface area contributed by atoms with Crippen LogP contribution in [0.4, 0.5) is 5.82 Å². The molecule has 0 spiro atoms. The molecule has 0 bridgehead atoms. The van der Waals surface area contributed by atoms with E-state index in [2.05, 4.69) is 18.8 Å². The van der Waals surface area contributed by atoms with Crippen molar-refractivity contribution < 1.29 is 4.79 Å². The number of hydrogen-bond acceptors (Lipinski definition) is 3. The van der Waals surface area contributed by atoms with Crippen molar-refractivity contribution in [1.29, 1.82) is 0 Å². The molecule has 2 N–H and O–H groups in total. The summed E-state index contributed by atoms with van der Waals surface area (Å²) in [6.45, 7) is 4.19. The summed E-state index contributed by atoms with van der Waals surface area (Å²) in [4.78, 5) is 18.4. The summed E-state index contributed by atoms with van der Waals surface area (Å²) in [5.74, 6) is 0.394. The van der Waals surface area contributed by atoms with Crippen molar-refractivity contribution in [3.8, 4) is 0 Å². The van der Waals surface area contributed by atoms with Gasteiger partial charge in [0.25, 0.3) is 5.91 Å². The maximum Gasteiger partial charge on any atom is 0.273 e. The van der Waals surface area contributed by atoms with Crippen molar-refractivity contribution >= 4 is 11.7 Å². The highest BCUT2D eigenvalue weighted by atomic mass is 16.2. The second kappa shape index (κ2) is 4.73. The first-order valence-corrected chi connectivity index (χ1v) is 6.15. The van der Waals surface area contributed by atoms with E-state index < -0.39 is 0 Å². The minimum atomic E-state index is -0.00278. The molecule has 2 atom stereocenters. The van der Waals surface area contributed by atoms with Crippen LogP contribution < -0.4 is 5.73 Å². The van der Waals surface area contributed by atoms with Crippen LogP contribution in [0.15, 0.2) is 18.2 Å². The van der Waals surface area contributed by atoms with Gasteiger partial charge in [0.05, 0.1) is 0 Å². The molecule has 0 saturated carbocycles. The first-order valence-electron chi connectivity index (χ1n) is 6.15. The van der Waals surface area contributed by atoms with Crippen molar-refractivity contribution in [2.75, 3.05) is 5.73 Å². The van der Waals surface area contributed by atoms with E-state index in [4.69, 9.17) is 5.73 Å². The number of anilines is 1. The zero-order valence-electron chi connectivity index (χ0n) is 10.4. The molecule has 4 heteroatoms. The molecule has 4 nitrogen and oxygen atoms in total. The zero-order chi connectivity index (χ0) is 12.4. The van der Waals surface area contributed by atoms with Crippen LogP contribution >= 0.6 is 0 Å². The maximum absolute atomic E-state index is 12.4. The zero-order valence-corrected chi connectivity index (χ0v) is 10.4. The Bertz CT molecular complexity index is 409. The summed E-state index contributed by atoms with van der Waals surface area (Å²) in [5.41, 5.74) is 6.06. The lowest BCUT2D eigenvalue weighted by Gasteiger charge is -2.38. The van der Waals surface area contributed by atoms with Crippen molar-refractivity contribution in [3.05, 3.63) is 23.9 Å². The quantitative estimate of drug-likeness (QED) is 0.807. The number of rotatable bonds is 1. The smallest absolute Gasteiger partial charge is 0.273 e. The summed E-state index contributed by atoms with van der Waals surface area (Å²) in [5, 5.41) is 0. The fourth-order valence-corrected chi connectivity index (χ4v) is 2.52. The molecular formula is C13H19N3O. The van der Waals surface area contributed by atoms with Gasteiger partial charge < -0.3 is 10.6 Å². The second-order valence-corrected chi connectivity index (χ2v) is 4.79. The molecule has 1 aromatic rings. The lowest BCUT2D eigenvalue weighted by atomic mass is 9.97. The van der Waals surface area contributed by atoms with Crippen LogP contribution in [0, 0.1) is 0 Å². The number of nitrogens with two attached hydrogens (primary N) is 1. The fraction of sp³-hybridized carbons (Fsp3) is 0.538. The number of nitrogen functional groups attached to an aromatic ring is 1. The molecule has 2 rings (SSSR count). The molecule has 1 amide bonds. The van der Waals surface area contributed by atoms with Gasteiger partial charge >= 0.3 is 0 Å². The van der Waals surface area contributed by atoms with Crippen LogP contribution in [0.3, 0.4) is 0 Å². The highest BCUT2D eigenvalue weighted by Gasteiger charge is 2.30. The summed E-state index contributed by atoms with van der Waals surface area (Å²) >= 11 is 0. The van der Waals surface area contributed by atoms with Crippen LogP contribution in [-0.2, 0) is 0 Å². The minimum Gasteiger partial charge on any atom is -0.384 e. The molecule has 0 radical (unpaired) electrons. The van der Waals surface area contributed by atoms with Crippen molar-refractivity contribution in [1.82, 2.24) is 9.88 Å². The van der Waals surface area contributed by atoms with E-state index in [-0.39, 0.29) is 18.0 Å². The largest absolute Gasteiger partial charge is 0.384 e. The average molecular weight is 233 g/mol. The normalized spacial score (nSPS) is 24.7. The van der Waals surface area contributed by atoms with Gasteiger partial charge in [0, 0.05) is 12.1 Å². The summed E-state index contributed by atoms with van der Waals surface area (Å²) in [7, 11) is 0. The number of carbonyl (C=O) groups excluding carboxylic acids is 1. The van der Waals surface area contributed by atoms with Gasteiger partial charge in [-0.1, -0.05) is 6.07 Å². The molecule has 1 aliphatic heterocycles. The molecule has 1 aliphatic rings. The highest BCUT2D eigenvalue weighted by Crippen LogP contribution is 2.24. The third-order valence-corrected chi connectivity index (χ3v) is 3.42. The number of amides is 1. The lowest BCUT2D eigenvalue weighted by Crippen LogP contribution is -2.47. The summed E-state index contributed by atoms with van der Waals surface area (Å²) in [6, 6.07) is 5.77. The van der Waals surface area contributed by atoms with Crippen LogP contribution in [0.1, 0.15) is 43.6 Å². The number of hydrogen-bond donors (Lipinski definition) is 1.